The molecular formula is C11H21NO. The fourth-order valence-corrected chi connectivity index (χ4v) is 2.29. The third kappa shape index (κ3) is 2.23. The third-order valence-corrected chi connectivity index (χ3v) is 3.55. The van der Waals surface area contributed by atoms with E-state index in [9.17, 15) is 0 Å². The molecule has 1 aliphatic heterocycles. The van der Waals surface area contributed by atoms with Gasteiger partial charge in [0.2, 0.25) is 0 Å². The second-order valence-corrected chi connectivity index (χ2v) is 4.72. The summed E-state index contributed by atoms with van der Waals surface area (Å²) in [5, 5.41) is 3.61. The molecule has 2 nitrogen and oxygen atoms in total. The number of hydrogen-bond donors (Lipinski definition) is 1. The van der Waals surface area contributed by atoms with E-state index in [4.69, 9.17) is 4.74 Å². The summed E-state index contributed by atoms with van der Waals surface area (Å²) in [6, 6.07) is 0.777. The molecule has 0 aromatic carbocycles. The third-order valence-electron chi connectivity index (χ3n) is 3.55. The summed E-state index contributed by atoms with van der Waals surface area (Å²) < 4.78 is 5.75. The summed E-state index contributed by atoms with van der Waals surface area (Å²) in [5.41, 5.74) is 0. The minimum Gasteiger partial charge on any atom is -0.374 e. The predicted molar refractivity (Wildman–Crippen MR) is 53.8 cm³/mol. The van der Waals surface area contributed by atoms with Gasteiger partial charge in [0.05, 0.1) is 12.2 Å². The van der Waals surface area contributed by atoms with Gasteiger partial charge in [-0.05, 0) is 38.5 Å². The molecule has 2 fully saturated rings. The maximum absolute atomic E-state index is 5.75. The van der Waals surface area contributed by atoms with Crippen LogP contribution in [-0.2, 0) is 4.74 Å². The van der Waals surface area contributed by atoms with Crippen molar-refractivity contribution in [3.05, 3.63) is 0 Å². The van der Waals surface area contributed by atoms with Crippen LogP contribution >= 0.6 is 0 Å². The lowest BCUT2D eigenvalue weighted by atomic mass is 9.81. The van der Waals surface area contributed by atoms with Crippen LogP contribution in [0.3, 0.4) is 0 Å². The van der Waals surface area contributed by atoms with E-state index in [1.54, 1.807) is 0 Å². The topological polar surface area (TPSA) is 21.3 Å². The van der Waals surface area contributed by atoms with Crippen molar-refractivity contribution in [1.29, 1.82) is 0 Å². The Morgan fingerprint density at radius 3 is 2.46 bits per heavy atom. The predicted octanol–water partition coefficient (Wildman–Crippen LogP) is 1.94. The first-order valence-corrected chi connectivity index (χ1v) is 5.64. The van der Waals surface area contributed by atoms with Gasteiger partial charge in [0.15, 0.2) is 0 Å². The molecule has 4 atom stereocenters. The molecule has 0 radical (unpaired) electrons. The average Bonchev–Trinajstić information content (AvgIpc) is 2.49. The Kier molecular flexibility index (Phi) is 2.89. The van der Waals surface area contributed by atoms with Crippen molar-refractivity contribution >= 4 is 0 Å². The van der Waals surface area contributed by atoms with Crippen molar-refractivity contribution < 1.29 is 4.74 Å². The second-order valence-electron chi connectivity index (χ2n) is 4.72. The SMILES string of the molecule is CC1CCC(CNC2CCC2C)O1. The fourth-order valence-electron chi connectivity index (χ4n) is 2.29. The molecule has 0 aromatic rings. The molecule has 2 heteroatoms. The monoisotopic (exact) mass is 183 g/mol. The molecular weight excluding hydrogens is 162 g/mol. The smallest absolute Gasteiger partial charge is 0.0704 e. The van der Waals surface area contributed by atoms with Crippen LogP contribution < -0.4 is 5.32 Å². The average molecular weight is 183 g/mol. The summed E-state index contributed by atoms with van der Waals surface area (Å²) in [6.07, 6.45) is 6.23. The van der Waals surface area contributed by atoms with Gasteiger partial charge in [-0.2, -0.15) is 0 Å². The van der Waals surface area contributed by atoms with Crippen molar-refractivity contribution in [1.82, 2.24) is 5.32 Å². The molecule has 1 N–H and O–H groups in total. The first-order valence-electron chi connectivity index (χ1n) is 5.64. The minimum absolute atomic E-state index is 0.489. The number of rotatable bonds is 3. The van der Waals surface area contributed by atoms with Crippen LogP contribution in [0.5, 0.6) is 0 Å². The van der Waals surface area contributed by atoms with E-state index in [-0.39, 0.29) is 0 Å². The summed E-state index contributed by atoms with van der Waals surface area (Å²) >= 11 is 0. The van der Waals surface area contributed by atoms with E-state index < -0.39 is 0 Å². The molecule has 0 aromatic heterocycles. The first kappa shape index (κ1) is 9.47. The van der Waals surface area contributed by atoms with E-state index in [1.165, 1.54) is 25.7 Å². The number of ether oxygens (including phenoxy) is 1. The van der Waals surface area contributed by atoms with Crippen LogP contribution in [-0.4, -0.2) is 24.8 Å². The van der Waals surface area contributed by atoms with Gasteiger partial charge < -0.3 is 10.1 Å². The Balaban J connectivity index is 1.62. The summed E-state index contributed by atoms with van der Waals surface area (Å²) in [6.45, 7) is 5.57. The second kappa shape index (κ2) is 3.97. The molecule has 76 valence electrons. The van der Waals surface area contributed by atoms with Crippen LogP contribution in [0.4, 0.5) is 0 Å². The quantitative estimate of drug-likeness (QED) is 0.722. The summed E-state index contributed by atoms with van der Waals surface area (Å²) in [7, 11) is 0. The first-order chi connectivity index (χ1) is 6.25. The molecule has 0 bridgehead atoms. The highest BCUT2D eigenvalue weighted by atomic mass is 16.5. The normalized spacial score (nSPS) is 44.8. The Morgan fingerprint density at radius 1 is 1.15 bits per heavy atom. The molecule has 1 heterocycles. The molecule has 2 aliphatic rings. The minimum atomic E-state index is 0.489. The van der Waals surface area contributed by atoms with Gasteiger partial charge >= 0.3 is 0 Å². The van der Waals surface area contributed by atoms with Crippen LogP contribution in [0.25, 0.3) is 0 Å². The molecule has 1 saturated heterocycles. The molecule has 0 amide bonds. The molecule has 13 heavy (non-hydrogen) atoms. The molecule has 0 spiro atoms. The lowest BCUT2D eigenvalue weighted by Crippen LogP contribution is -2.45. The molecule has 1 saturated carbocycles. The van der Waals surface area contributed by atoms with Crippen LogP contribution in [0.15, 0.2) is 0 Å². The molecule has 2 rings (SSSR count). The van der Waals surface area contributed by atoms with Crippen molar-refractivity contribution in [3.8, 4) is 0 Å². The zero-order valence-electron chi connectivity index (χ0n) is 8.75. The van der Waals surface area contributed by atoms with Gasteiger partial charge in [0.1, 0.15) is 0 Å². The highest BCUT2D eigenvalue weighted by Crippen LogP contribution is 2.27. The van der Waals surface area contributed by atoms with E-state index in [0.29, 0.717) is 12.2 Å². The Hall–Kier alpha value is -0.0800. The molecule has 4 unspecified atom stereocenters. The highest BCUT2D eigenvalue weighted by molar-refractivity contribution is 4.85. The van der Waals surface area contributed by atoms with E-state index in [1.807, 2.05) is 0 Å². The fraction of sp³-hybridized carbons (Fsp3) is 1.00. The van der Waals surface area contributed by atoms with Crippen molar-refractivity contribution in [2.45, 2.75) is 57.8 Å². The Labute approximate surface area is 81.0 Å². The van der Waals surface area contributed by atoms with Gasteiger partial charge in [0.25, 0.3) is 0 Å². The van der Waals surface area contributed by atoms with Gasteiger partial charge in [-0.1, -0.05) is 6.92 Å². The number of hydrogen-bond acceptors (Lipinski definition) is 2. The zero-order chi connectivity index (χ0) is 9.26. The van der Waals surface area contributed by atoms with Gasteiger partial charge in [-0.25, -0.2) is 0 Å². The Bertz CT molecular complexity index is 171. The van der Waals surface area contributed by atoms with E-state index in [0.717, 1.165) is 18.5 Å². The maximum Gasteiger partial charge on any atom is 0.0704 e. The van der Waals surface area contributed by atoms with Crippen molar-refractivity contribution in [3.63, 3.8) is 0 Å². The summed E-state index contributed by atoms with van der Waals surface area (Å²) in [5.74, 6) is 0.888. The maximum atomic E-state index is 5.75. The van der Waals surface area contributed by atoms with Crippen molar-refractivity contribution in [2.24, 2.45) is 5.92 Å². The van der Waals surface area contributed by atoms with Crippen molar-refractivity contribution in [2.75, 3.05) is 6.54 Å². The van der Waals surface area contributed by atoms with Gasteiger partial charge in [-0.15, -0.1) is 0 Å². The van der Waals surface area contributed by atoms with Crippen LogP contribution in [0.1, 0.15) is 39.5 Å². The largest absolute Gasteiger partial charge is 0.374 e. The Morgan fingerprint density at radius 2 is 2.00 bits per heavy atom. The summed E-state index contributed by atoms with van der Waals surface area (Å²) in [4.78, 5) is 0. The lowest BCUT2D eigenvalue weighted by Gasteiger charge is -2.35. The van der Waals surface area contributed by atoms with E-state index in [2.05, 4.69) is 19.2 Å². The van der Waals surface area contributed by atoms with Gasteiger partial charge in [-0.3, -0.25) is 0 Å². The molecule has 1 aliphatic carbocycles. The highest BCUT2D eigenvalue weighted by Gasteiger charge is 2.28. The standard InChI is InChI=1S/C11H21NO/c1-8-3-6-11(8)12-7-10-5-4-9(2)13-10/h8-12H,3-7H2,1-2H3. The van der Waals surface area contributed by atoms with Crippen LogP contribution in [0, 0.1) is 5.92 Å². The number of nitrogens with one attached hydrogen (secondary N) is 1. The lowest BCUT2D eigenvalue weighted by molar-refractivity contribution is 0.0495. The van der Waals surface area contributed by atoms with E-state index >= 15 is 0 Å². The van der Waals surface area contributed by atoms with Gasteiger partial charge in [0, 0.05) is 12.6 Å². The van der Waals surface area contributed by atoms with Crippen LogP contribution in [0.2, 0.25) is 0 Å². The zero-order valence-corrected chi connectivity index (χ0v) is 8.75.